The number of hydrogen-bond donors (Lipinski definition) is 2. The molecule has 5 nitrogen and oxygen atoms in total. The Kier molecular flexibility index (Phi) is 5.37. The third kappa shape index (κ3) is 4.89. The molecular weight excluding hydrogens is 276 g/mol. The van der Waals surface area contributed by atoms with Crippen molar-refractivity contribution < 1.29 is 14.6 Å². The predicted octanol–water partition coefficient (Wildman–Crippen LogP) is 2.65. The zero-order valence-corrected chi connectivity index (χ0v) is 11.7. The lowest BCUT2D eigenvalue weighted by molar-refractivity contribution is -0.136. The monoisotopic (exact) mass is 292 g/mol. The minimum absolute atomic E-state index is 0.111. The molecule has 0 atom stereocenters. The van der Waals surface area contributed by atoms with Crippen LogP contribution in [0.1, 0.15) is 12.1 Å². The SMILES string of the molecule is O=C(O)CCc1csc(NCCOc2ccccc2)n1. The van der Waals surface area contributed by atoms with Crippen LogP contribution < -0.4 is 10.1 Å². The highest BCUT2D eigenvalue weighted by Gasteiger charge is 2.04. The average molecular weight is 292 g/mol. The van der Waals surface area contributed by atoms with Crippen molar-refractivity contribution >= 4 is 22.4 Å². The van der Waals surface area contributed by atoms with Gasteiger partial charge in [0.15, 0.2) is 5.13 Å². The van der Waals surface area contributed by atoms with Crippen LogP contribution in [0.5, 0.6) is 5.75 Å². The number of carbonyl (C=O) groups is 1. The molecule has 20 heavy (non-hydrogen) atoms. The van der Waals surface area contributed by atoms with E-state index in [9.17, 15) is 4.79 Å². The van der Waals surface area contributed by atoms with Crippen LogP contribution in [0.3, 0.4) is 0 Å². The topological polar surface area (TPSA) is 71.5 Å². The van der Waals surface area contributed by atoms with Gasteiger partial charge >= 0.3 is 5.97 Å². The highest BCUT2D eigenvalue weighted by molar-refractivity contribution is 7.13. The van der Waals surface area contributed by atoms with Crippen molar-refractivity contribution in [2.75, 3.05) is 18.5 Å². The van der Waals surface area contributed by atoms with E-state index >= 15 is 0 Å². The van der Waals surface area contributed by atoms with Gasteiger partial charge in [-0.1, -0.05) is 18.2 Å². The number of benzene rings is 1. The largest absolute Gasteiger partial charge is 0.492 e. The minimum Gasteiger partial charge on any atom is -0.492 e. The molecule has 0 aliphatic heterocycles. The van der Waals surface area contributed by atoms with E-state index in [0.29, 0.717) is 19.6 Å². The molecule has 2 aromatic rings. The molecule has 0 saturated heterocycles. The lowest BCUT2D eigenvalue weighted by atomic mass is 10.2. The Morgan fingerprint density at radius 3 is 2.90 bits per heavy atom. The maximum atomic E-state index is 10.5. The van der Waals surface area contributed by atoms with Gasteiger partial charge in [-0.3, -0.25) is 4.79 Å². The van der Waals surface area contributed by atoms with E-state index in [1.165, 1.54) is 11.3 Å². The summed E-state index contributed by atoms with van der Waals surface area (Å²) in [6.07, 6.45) is 0.578. The van der Waals surface area contributed by atoms with Crippen LogP contribution in [0.25, 0.3) is 0 Å². The first-order valence-electron chi connectivity index (χ1n) is 6.32. The van der Waals surface area contributed by atoms with Gasteiger partial charge in [0.2, 0.25) is 0 Å². The molecule has 0 aliphatic rings. The number of carboxylic acid groups (broad SMARTS) is 1. The molecule has 0 amide bonds. The van der Waals surface area contributed by atoms with E-state index in [0.717, 1.165) is 16.6 Å². The molecule has 0 saturated carbocycles. The van der Waals surface area contributed by atoms with Crippen LogP contribution in [-0.4, -0.2) is 29.2 Å². The van der Waals surface area contributed by atoms with Gasteiger partial charge in [-0.05, 0) is 12.1 Å². The minimum atomic E-state index is -0.802. The number of rotatable bonds is 8. The lowest BCUT2D eigenvalue weighted by Crippen LogP contribution is -2.11. The third-order valence-corrected chi connectivity index (χ3v) is 3.39. The molecule has 1 aromatic carbocycles. The number of nitrogens with zero attached hydrogens (tertiary/aromatic N) is 1. The number of aromatic nitrogens is 1. The van der Waals surface area contributed by atoms with Gasteiger partial charge in [-0.25, -0.2) is 4.98 Å². The summed E-state index contributed by atoms with van der Waals surface area (Å²) in [5, 5.41) is 14.4. The summed E-state index contributed by atoms with van der Waals surface area (Å²) in [5.74, 6) is 0.0411. The zero-order valence-electron chi connectivity index (χ0n) is 10.9. The summed E-state index contributed by atoms with van der Waals surface area (Å²) in [4.78, 5) is 14.8. The Labute approximate surface area is 121 Å². The summed E-state index contributed by atoms with van der Waals surface area (Å²) in [7, 11) is 0. The second-order valence-corrected chi connectivity index (χ2v) is 4.98. The second-order valence-electron chi connectivity index (χ2n) is 4.13. The predicted molar refractivity (Wildman–Crippen MR) is 78.5 cm³/mol. The van der Waals surface area contributed by atoms with E-state index in [1.54, 1.807) is 0 Å². The first kappa shape index (κ1) is 14.3. The molecule has 0 aliphatic carbocycles. The maximum absolute atomic E-state index is 10.5. The lowest BCUT2D eigenvalue weighted by Gasteiger charge is -2.06. The van der Waals surface area contributed by atoms with E-state index in [2.05, 4.69) is 10.3 Å². The molecule has 2 rings (SSSR count). The number of anilines is 1. The quantitative estimate of drug-likeness (QED) is 0.732. The van der Waals surface area contributed by atoms with Crippen LogP contribution >= 0.6 is 11.3 Å². The van der Waals surface area contributed by atoms with Crippen LogP contribution in [-0.2, 0) is 11.2 Å². The zero-order chi connectivity index (χ0) is 14.2. The molecule has 1 heterocycles. The van der Waals surface area contributed by atoms with Gasteiger partial charge in [-0.2, -0.15) is 0 Å². The maximum Gasteiger partial charge on any atom is 0.303 e. The molecule has 0 unspecified atom stereocenters. The number of para-hydroxylation sites is 1. The van der Waals surface area contributed by atoms with Gasteiger partial charge in [0.1, 0.15) is 12.4 Å². The Hall–Kier alpha value is -2.08. The van der Waals surface area contributed by atoms with Crippen molar-refractivity contribution in [2.24, 2.45) is 0 Å². The van der Waals surface area contributed by atoms with Crippen LogP contribution in [0.15, 0.2) is 35.7 Å². The second kappa shape index (κ2) is 7.49. The molecule has 0 fully saturated rings. The van der Waals surface area contributed by atoms with Gasteiger partial charge in [0.25, 0.3) is 0 Å². The molecule has 1 aromatic heterocycles. The van der Waals surface area contributed by atoms with Crippen molar-refractivity contribution in [3.63, 3.8) is 0 Å². The van der Waals surface area contributed by atoms with Gasteiger partial charge in [0.05, 0.1) is 18.7 Å². The smallest absolute Gasteiger partial charge is 0.303 e. The fourth-order valence-corrected chi connectivity index (χ4v) is 2.36. The van der Waals surface area contributed by atoms with Crippen molar-refractivity contribution in [3.05, 3.63) is 41.4 Å². The van der Waals surface area contributed by atoms with E-state index in [-0.39, 0.29) is 6.42 Å². The summed E-state index contributed by atoms with van der Waals surface area (Å²) in [6, 6.07) is 9.62. The molecule has 2 N–H and O–H groups in total. The molecule has 106 valence electrons. The van der Waals surface area contributed by atoms with Crippen molar-refractivity contribution in [3.8, 4) is 5.75 Å². The van der Waals surface area contributed by atoms with Crippen molar-refractivity contribution in [1.29, 1.82) is 0 Å². The third-order valence-electron chi connectivity index (χ3n) is 2.54. The van der Waals surface area contributed by atoms with E-state index < -0.39 is 5.97 Å². The average Bonchev–Trinajstić information content (AvgIpc) is 2.90. The number of hydrogen-bond acceptors (Lipinski definition) is 5. The Morgan fingerprint density at radius 2 is 2.15 bits per heavy atom. The number of aryl methyl sites for hydroxylation is 1. The fraction of sp³-hybridized carbons (Fsp3) is 0.286. The molecule has 0 spiro atoms. The van der Waals surface area contributed by atoms with Gasteiger partial charge < -0.3 is 15.2 Å². The Balaban J connectivity index is 1.68. The number of carboxylic acids is 1. The van der Waals surface area contributed by atoms with Crippen molar-refractivity contribution in [1.82, 2.24) is 4.98 Å². The standard InChI is InChI=1S/C14H16N2O3S/c17-13(18)7-6-11-10-20-14(16-11)15-8-9-19-12-4-2-1-3-5-12/h1-5,10H,6-9H2,(H,15,16)(H,17,18). The Morgan fingerprint density at radius 1 is 1.35 bits per heavy atom. The summed E-state index contributed by atoms with van der Waals surface area (Å²) >= 11 is 1.48. The number of nitrogens with one attached hydrogen (secondary N) is 1. The first-order chi connectivity index (χ1) is 9.74. The summed E-state index contributed by atoms with van der Waals surface area (Å²) in [5.41, 5.74) is 0.809. The number of aliphatic carboxylic acids is 1. The molecule has 0 radical (unpaired) electrons. The van der Waals surface area contributed by atoms with Crippen LogP contribution in [0.2, 0.25) is 0 Å². The normalized spacial score (nSPS) is 10.2. The summed E-state index contributed by atoms with van der Waals surface area (Å²) in [6.45, 7) is 1.20. The first-order valence-corrected chi connectivity index (χ1v) is 7.20. The van der Waals surface area contributed by atoms with Crippen LogP contribution in [0.4, 0.5) is 5.13 Å². The van der Waals surface area contributed by atoms with Crippen molar-refractivity contribution in [2.45, 2.75) is 12.8 Å². The van der Waals surface area contributed by atoms with E-state index in [4.69, 9.17) is 9.84 Å². The fourth-order valence-electron chi connectivity index (χ4n) is 1.58. The molecular formula is C14H16N2O3S. The van der Waals surface area contributed by atoms with Gasteiger partial charge in [-0.15, -0.1) is 11.3 Å². The van der Waals surface area contributed by atoms with E-state index in [1.807, 2.05) is 35.7 Å². The summed E-state index contributed by atoms with van der Waals surface area (Å²) < 4.78 is 5.55. The number of ether oxygens (including phenoxy) is 1. The van der Waals surface area contributed by atoms with Gasteiger partial charge in [0, 0.05) is 11.8 Å². The number of thiazole rings is 1. The van der Waals surface area contributed by atoms with Crippen LogP contribution in [0, 0.1) is 0 Å². The Bertz CT molecular complexity index is 542. The molecule has 0 bridgehead atoms. The highest BCUT2D eigenvalue weighted by atomic mass is 32.1. The molecule has 6 heteroatoms. The highest BCUT2D eigenvalue weighted by Crippen LogP contribution is 2.16.